The zero-order chi connectivity index (χ0) is 10.4. The lowest BCUT2D eigenvalue weighted by Crippen LogP contribution is -2.21. The summed E-state index contributed by atoms with van der Waals surface area (Å²) in [5.41, 5.74) is 0. The van der Waals surface area contributed by atoms with E-state index >= 15 is 0 Å². The molecule has 0 spiro atoms. The Morgan fingerprint density at radius 2 is 2.13 bits per heavy atom. The van der Waals surface area contributed by atoms with E-state index in [0.29, 0.717) is 17.9 Å². The Bertz CT molecular complexity index is 362. The fraction of sp³-hybridized carbons (Fsp3) is 0.818. The van der Waals surface area contributed by atoms with Crippen LogP contribution in [-0.4, -0.2) is 22.7 Å². The van der Waals surface area contributed by atoms with Gasteiger partial charge in [0.2, 0.25) is 5.89 Å². The molecule has 1 aliphatic heterocycles. The summed E-state index contributed by atoms with van der Waals surface area (Å²) in [5, 5.41) is 7.50. The SMILES string of the molecule is CC1CC1c1noc(C2CCNC2C)n1. The van der Waals surface area contributed by atoms with Crippen LogP contribution in [-0.2, 0) is 0 Å². The first-order valence-corrected chi connectivity index (χ1v) is 5.82. The zero-order valence-electron chi connectivity index (χ0n) is 9.23. The fourth-order valence-corrected chi connectivity index (χ4v) is 2.43. The Hall–Kier alpha value is -0.900. The molecule has 0 amide bonds. The maximum Gasteiger partial charge on any atom is 0.231 e. The first-order chi connectivity index (χ1) is 7.25. The molecule has 2 fully saturated rings. The van der Waals surface area contributed by atoms with E-state index in [0.717, 1.165) is 30.6 Å². The minimum absolute atomic E-state index is 0.417. The minimum atomic E-state index is 0.417. The molecule has 1 saturated heterocycles. The third-order valence-electron chi connectivity index (χ3n) is 3.74. The largest absolute Gasteiger partial charge is 0.339 e. The molecule has 4 atom stereocenters. The first kappa shape index (κ1) is 9.33. The molecule has 4 nitrogen and oxygen atoms in total. The van der Waals surface area contributed by atoms with Crippen molar-refractivity contribution in [2.45, 2.75) is 44.6 Å². The summed E-state index contributed by atoms with van der Waals surface area (Å²) < 4.78 is 5.37. The highest BCUT2D eigenvalue weighted by molar-refractivity contribution is 5.10. The molecule has 1 aromatic heterocycles. The molecule has 3 rings (SSSR count). The standard InChI is InChI=1S/C11H17N3O/c1-6-5-9(6)10-13-11(15-14-10)8-3-4-12-7(8)2/h6-9,12H,3-5H2,1-2H3. The van der Waals surface area contributed by atoms with E-state index < -0.39 is 0 Å². The number of rotatable bonds is 2. The lowest BCUT2D eigenvalue weighted by molar-refractivity contribution is 0.341. The minimum Gasteiger partial charge on any atom is -0.339 e. The highest BCUT2D eigenvalue weighted by Gasteiger charge is 2.39. The number of aromatic nitrogens is 2. The summed E-state index contributed by atoms with van der Waals surface area (Å²) in [7, 11) is 0. The molecule has 2 heterocycles. The van der Waals surface area contributed by atoms with Crippen molar-refractivity contribution < 1.29 is 4.52 Å². The molecule has 15 heavy (non-hydrogen) atoms. The lowest BCUT2D eigenvalue weighted by Gasteiger charge is -2.08. The van der Waals surface area contributed by atoms with Gasteiger partial charge in [0, 0.05) is 12.0 Å². The van der Waals surface area contributed by atoms with Gasteiger partial charge in [-0.15, -0.1) is 0 Å². The van der Waals surface area contributed by atoms with E-state index in [1.807, 2.05) is 0 Å². The van der Waals surface area contributed by atoms with Crippen LogP contribution in [0.4, 0.5) is 0 Å². The normalized spacial score (nSPS) is 39.6. The molecule has 0 radical (unpaired) electrons. The van der Waals surface area contributed by atoms with Crippen LogP contribution in [0.5, 0.6) is 0 Å². The molecule has 4 unspecified atom stereocenters. The second-order valence-electron chi connectivity index (χ2n) is 4.95. The Labute approximate surface area is 89.4 Å². The van der Waals surface area contributed by atoms with Crippen molar-refractivity contribution >= 4 is 0 Å². The summed E-state index contributed by atoms with van der Waals surface area (Å²) in [6.07, 6.45) is 2.33. The van der Waals surface area contributed by atoms with E-state index in [4.69, 9.17) is 4.52 Å². The number of nitrogens with one attached hydrogen (secondary N) is 1. The highest BCUT2D eigenvalue weighted by Crippen LogP contribution is 2.45. The van der Waals surface area contributed by atoms with Crippen LogP contribution in [0.3, 0.4) is 0 Å². The monoisotopic (exact) mass is 207 g/mol. The zero-order valence-corrected chi connectivity index (χ0v) is 9.23. The molecule has 1 aromatic rings. The lowest BCUT2D eigenvalue weighted by atomic mass is 10.0. The molecule has 4 heteroatoms. The number of hydrogen-bond acceptors (Lipinski definition) is 4. The molecular weight excluding hydrogens is 190 g/mol. The van der Waals surface area contributed by atoms with Crippen molar-refractivity contribution in [3.63, 3.8) is 0 Å². The van der Waals surface area contributed by atoms with Crippen LogP contribution < -0.4 is 5.32 Å². The van der Waals surface area contributed by atoms with E-state index in [-0.39, 0.29) is 0 Å². The van der Waals surface area contributed by atoms with Crippen molar-refractivity contribution in [3.8, 4) is 0 Å². The summed E-state index contributed by atoms with van der Waals surface area (Å²) in [6, 6.07) is 0.468. The third kappa shape index (κ3) is 1.57. The van der Waals surface area contributed by atoms with Crippen LogP contribution in [0.1, 0.15) is 50.2 Å². The average Bonchev–Trinajstić information content (AvgIpc) is 2.69. The third-order valence-corrected chi connectivity index (χ3v) is 3.74. The molecule has 1 saturated carbocycles. The van der Waals surface area contributed by atoms with Crippen molar-refractivity contribution in [3.05, 3.63) is 11.7 Å². The van der Waals surface area contributed by atoms with Gasteiger partial charge in [-0.3, -0.25) is 0 Å². The van der Waals surface area contributed by atoms with Gasteiger partial charge in [-0.1, -0.05) is 12.1 Å². The van der Waals surface area contributed by atoms with Gasteiger partial charge in [0.05, 0.1) is 5.92 Å². The van der Waals surface area contributed by atoms with Crippen LogP contribution in [0, 0.1) is 5.92 Å². The van der Waals surface area contributed by atoms with Gasteiger partial charge in [-0.25, -0.2) is 0 Å². The Balaban J connectivity index is 1.78. The van der Waals surface area contributed by atoms with Gasteiger partial charge in [-0.2, -0.15) is 4.98 Å². The summed E-state index contributed by atoms with van der Waals surface area (Å²) >= 11 is 0. The molecular formula is C11H17N3O. The van der Waals surface area contributed by atoms with Gasteiger partial charge in [0.1, 0.15) is 0 Å². The van der Waals surface area contributed by atoms with Gasteiger partial charge in [-0.05, 0) is 32.2 Å². The molecule has 0 aromatic carbocycles. The second kappa shape index (κ2) is 3.30. The number of nitrogens with zero attached hydrogens (tertiary/aromatic N) is 2. The smallest absolute Gasteiger partial charge is 0.231 e. The van der Waals surface area contributed by atoms with Gasteiger partial charge in [0.25, 0.3) is 0 Å². The first-order valence-electron chi connectivity index (χ1n) is 5.82. The van der Waals surface area contributed by atoms with Crippen molar-refractivity contribution in [1.82, 2.24) is 15.5 Å². The molecule has 82 valence electrons. The summed E-state index contributed by atoms with van der Waals surface area (Å²) in [5.74, 6) is 3.49. The maximum absolute atomic E-state index is 5.37. The molecule has 1 aliphatic carbocycles. The van der Waals surface area contributed by atoms with Crippen molar-refractivity contribution in [2.24, 2.45) is 5.92 Å². The van der Waals surface area contributed by atoms with Gasteiger partial charge >= 0.3 is 0 Å². The maximum atomic E-state index is 5.37. The number of hydrogen-bond donors (Lipinski definition) is 1. The van der Waals surface area contributed by atoms with E-state index in [1.165, 1.54) is 6.42 Å². The summed E-state index contributed by atoms with van der Waals surface area (Å²) in [4.78, 5) is 4.54. The fourth-order valence-electron chi connectivity index (χ4n) is 2.43. The quantitative estimate of drug-likeness (QED) is 0.801. The summed E-state index contributed by atoms with van der Waals surface area (Å²) in [6.45, 7) is 5.48. The van der Waals surface area contributed by atoms with Crippen LogP contribution >= 0.6 is 0 Å². The average molecular weight is 207 g/mol. The van der Waals surface area contributed by atoms with Gasteiger partial charge < -0.3 is 9.84 Å². The second-order valence-corrected chi connectivity index (χ2v) is 4.95. The van der Waals surface area contributed by atoms with Crippen molar-refractivity contribution in [2.75, 3.05) is 6.54 Å². The van der Waals surface area contributed by atoms with E-state index in [9.17, 15) is 0 Å². The highest BCUT2D eigenvalue weighted by atomic mass is 16.5. The molecule has 1 N–H and O–H groups in total. The van der Waals surface area contributed by atoms with Gasteiger partial charge in [0.15, 0.2) is 5.82 Å². The van der Waals surface area contributed by atoms with Crippen LogP contribution in [0.25, 0.3) is 0 Å². The van der Waals surface area contributed by atoms with E-state index in [1.54, 1.807) is 0 Å². The Morgan fingerprint density at radius 1 is 1.33 bits per heavy atom. The Kier molecular flexibility index (Phi) is 2.06. The van der Waals surface area contributed by atoms with Crippen LogP contribution in [0.2, 0.25) is 0 Å². The Morgan fingerprint density at radius 3 is 2.73 bits per heavy atom. The molecule has 2 aliphatic rings. The predicted molar refractivity (Wildman–Crippen MR) is 55.6 cm³/mol. The van der Waals surface area contributed by atoms with E-state index in [2.05, 4.69) is 29.3 Å². The topological polar surface area (TPSA) is 51.0 Å². The molecule has 0 bridgehead atoms. The predicted octanol–water partition coefficient (Wildman–Crippen LogP) is 1.66. The van der Waals surface area contributed by atoms with Crippen molar-refractivity contribution in [1.29, 1.82) is 0 Å². The van der Waals surface area contributed by atoms with Crippen LogP contribution in [0.15, 0.2) is 4.52 Å².